The summed E-state index contributed by atoms with van der Waals surface area (Å²) in [5.74, 6) is 1.10. The molecule has 1 fully saturated rings. The van der Waals surface area contributed by atoms with Crippen LogP contribution in [-0.4, -0.2) is 11.6 Å². The number of rotatable bonds is 2. The van der Waals surface area contributed by atoms with Gasteiger partial charge in [0.1, 0.15) is 5.60 Å². The summed E-state index contributed by atoms with van der Waals surface area (Å²) in [6, 6.07) is 0. The first kappa shape index (κ1) is 12.4. The van der Waals surface area contributed by atoms with Gasteiger partial charge in [0, 0.05) is 12.0 Å². The molecule has 1 saturated carbocycles. The van der Waals surface area contributed by atoms with Gasteiger partial charge in [0.15, 0.2) is 0 Å². The van der Waals surface area contributed by atoms with Gasteiger partial charge in [-0.25, -0.2) is 4.79 Å². The zero-order valence-corrected chi connectivity index (χ0v) is 11.2. The molecule has 2 aliphatic carbocycles. The van der Waals surface area contributed by atoms with Crippen molar-refractivity contribution < 1.29 is 9.53 Å². The van der Waals surface area contributed by atoms with Gasteiger partial charge in [0.2, 0.25) is 0 Å². The van der Waals surface area contributed by atoms with Crippen LogP contribution in [-0.2, 0) is 9.53 Å². The summed E-state index contributed by atoms with van der Waals surface area (Å²) in [5, 5.41) is 0. The largest absolute Gasteiger partial charge is 0.457 e. The topological polar surface area (TPSA) is 26.3 Å². The molecule has 2 aliphatic rings. The van der Waals surface area contributed by atoms with E-state index in [1.54, 1.807) is 11.6 Å². The Hall–Kier alpha value is -1.05. The number of carbonyl (C=O) groups excluding carboxylic acids is 1. The highest BCUT2D eigenvalue weighted by Crippen LogP contribution is 2.50. The van der Waals surface area contributed by atoms with E-state index < -0.39 is 5.60 Å². The number of carbonyl (C=O) groups is 1. The van der Waals surface area contributed by atoms with Crippen molar-refractivity contribution in [2.75, 3.05) is 0 Å². The van der Waals surface area contributed by atoms with Crippen LogP contribution in [0.4, 0.5) is 0 Å². The Bertz CT molecular complexity index is 382. The van der Waals surface area contributed by atoms with E-state index in [9.17, 15) is 4.79 Å². The van der Waals surface area contributed by atoms with Crippen LogP contribution in [0, 0.1) is 11.8 Å². The average Bonchev–Trinajstić information content (AvgIpc) is 2.49. The Morgan fingerprint density at radius 3 is 2.76 bits per heavy atom. The third-order valence-corrected chi connectivity index (χ3v) is 3.54. The van der Waals surface area contributed by atoms with Crippen molar-refractivity contribution >= 4 is 5.97 Å². The molecule has 0 aromatic rings. The van der Waals surface area contributed by atoms with Crippen molar-refractivity contribution in [2.45, 2.75) is 52.6 Å². The van der Waals surface area contributed by atoms with Crippen molar-refractivity contribution in [3.63, 3.8) is 0 Å². The molecule has 0 aromatic heterocycles. The lowest BCUT2D eigenvalue weighted by Gasteiger charge is -2.33. The molecular weight excluding hydrogens is 212 g/mol. The molecule has 0 heterocycles. The van der Waals surface area contributed by atoms with Crippen LogP contribution >= 0.6 is 0 Å². The van der Waals surface area contributed by atoms with Crippen LogP contribution in [0.2, 0.25) is 0 Å². The summed E-state index contributed by atoms with van der Waals surface area (Å²) in [4.78, 5) is 11.7. The molecule has 17 heavy (non-hydrogen) atoms. The van der Waals surface area contributed by atoms with E-state index in [2.05, 4.69) is 13.0 Å². The van der Waals surface area contributed by atoms with Crippen molar-refractivity contribution in [3.8, 4) is 0 Å². The molecule has 0 bridgehead atoms. The van der Waals surface area contributed by atoms with Crippen molar-refractivity contribution in [2.24, 2.45) is 11.8 Å². The van der Waals surface area contributed by atoms with E-state index in [0.29, 0.717) is 5.92 Å². The first-order valence-electron chi connectivity index (χ1n) is 6.52. The maximum Gasteiger partial charge on any atom is 0.331 e. The normalized spacial score (nSPS) is 29.6. The molecule has 0 N–H and O–H groups in total. The van der Waals surface area contributed by atoms with Crippen LogP contribution in [0.3, 0.4) is 0 Å². The summed E-state index contributed by atoms with van der Waals surface area (Å²) < 4.78 is 5.31. The van der Waals surface area contributed by atoms with E-state index in [4.69, 9.17) is 4.74 Å². The highest BCUT2D eigenvalue weighted by atomic mass is 16.6. The molecule has 0 radical (unpaired) electrons. The van der Waals surface area contributed by atoms with Gasteiger partial charge in [-0.3, -0.25) is 0 Å². The second kappa shape index (κ2) is 4.32. The second-order valence-corrected chi connectivity index (χ2v) is 6.13. The molecule has 2 heteroatoms. The third kappa shape index (κ3) is 2.80. The molecule has 0 unspecified atom stereocenters. The maximum absolute atomic E-state index is 11.7. The van der Waals surface area contributed by atoms with Gasteiger partial charge in [-0.2, -0.15) is 0 Å². The summed E-state index contributed by atoms with van der Waals surface area (Å²) in [5.41, 5.74) is 2.41. The Kier molecular flexibility index (Phi) is 3.15. The van der Waals surface area contributed by atoms with Crippen LogP contribution in [0.15, 0.2) is 23.3 Å². The highest BCUT2D eigenvalue weighted by molar-refractivity contribution is 5.83. The Morgan fingerprint density at radius 2 is 2.18 bits per heavy atom. The predicted octanol–water partition coefficient (Wildman–Crippen LogP) is 3.63. The average molecular weight is 234 g/mol. The first-order valence-corrected chi connectivity index (χ1v) is 6.52. The SMILES string of the molecule is CCC1=C[C@@H]2/C(=C/C(=O)OC(C)(C)C)C[C@@H]2C1. The smallest absolute Gasteiger partial charge is 0.331 e. The fourth-order valence-corrected chi connectivity index (χ4v) is 2.71. The quantitative estimate of drug-likeness (QED) is 0.414. The minimum absolute atomic E-state index is 0.190. The molecule has 2 nitrogen and oxygen atoms in total. The molecular formula is C15H22O2. The molecule has 2 rings (SSSR count). The number of ether oxygens (including phenoxy) is 1. The Morgan fingerprint density at radius 1 is 1.47 bits per heavy atom. The Balaban J connectivity index is 1.97. The lowest BCUT2D eigenvalue weighted by Crippen LogP contribution is -2.27. The van der Waals surface area contributed by atoms with Crippen molar-refractivity contribution in [1.29, 1.82) is 0 Å². The minimum atomic E-state index is -0.391. The number of esters is 1. The third-order valence-electron chi connectivity index (χ3n) is 3.54. The zero-order valence-electron chi connectivity index (χ0n) is 11.2. The highest BCUT2D eigenvalue weighted by Gasteiger charge is 2.39. The monoisotopic (exact) mass is 234 g/mol. The standard InChI is InChI=1S/C15H22O2/c1-5-10-6-11-8-12(13(11)7-10)9-14(16)17-15(2,3)4/h7,9,11,13H,5-6,8H2,1-4H3/b12-9+/t11-,13-/m0/s1. The van der Waals surface area contributed by atoms with Crippen LogP contribution in [0.1, 0.15) is 47.0 Å². The van der Waals surface area contributed by atoms with Gasteiger partial charge in [0.25, 0.3) is 0 Å². The fourth-order valence-electron chi connectivity index (χ4n) is 2.71. The lowest BCUT2D eigenvalue weighted by atomic mass is 9.71. The molecule has 0 amide bonds. The van der Waals surface area contributed by atoms with Crippen LogP contribution in [0.25, 0.3) is 0 Å². The van der Waals surface area contributed by atoms with E-state index in [1.165, 1.54) is 12.0 Å². The van der Waals surface area contributed by atoms with E-state index in [1.807, 2.05) is 20.8 Å². The number of hydrogen-bond donors (Lipinski definition) is 0. The van der Waals surface area contributed by atoms with E-state index in [-0.39, 0.29) is 5.97 Å². The van der Waals surface area contributed by atoms with Crippen LogP contribution < -0.4 is 0 Å². The summed E-state index contributed by atoms with van der Waals surface area (Å²) in [7, 11) is 0. The number of allylic oxidation sites excluding steroid dienone is 3. The minimum Gasteiger partial charge on any atom is -0.457 e. The van der Waals surface area contributed by atoms with Gasteiger partial charge in [-0.05, 0) is 46.0 Å². The van der Waals surface area contributed by atoms with E-state index >= 15 is 0 Å². The molecule has 0 aromatic carbocycles. The van der Waals surface area contributed by atoms with Crippen molar-refractivity contribution in [3.05, 3.63) is 23.3 Å². The van der Waals surface area contributed by atoms with Gasteiger partial charge in [0.05, 0.1) is 0 Å². The zero-order chi connectivity index (χ0) is 12.6. The van der Waals surface area contributed by atoms with Gasteiger partial charge in [-0.15, -0.1) is 0 Å². The molecule has 0 saturated heterocycles. The predicted molar refractivity (Wildman–Crippen MR) is 68.5 cm³/mol. The van der Waals surface area contributed by atoms with Gasteiger partial charge < -0.3 is 4.74 Å². The summed E-state index contributed by atoms with van der Waals surface area (Å²) in [6.45, 7) is 7.90. The summed E-state index contributed by atoms with van der Waals surface area (Å²) >= 11 is 0. The van der Waals surface area contributed by atoms with Crippen LogP contribution in [0.5, 0.6) is 0 Å². The molecule has 0 spiro atoms. The molecule has 0 aliphatic heterocycles. The summed E-state index contributed by atoms with van der Waals surface area (Å²) in [6.07, 6.45) is 7.51. The van der Waals surface area contributed by atoms with Gasteiger partial charge >= 0.3 is 5.97 Å². The first-order chi connectivity index (χ1) is 7.89. The number of fused-ring (bicyclic) bond motifs is 1. The second-order valence-electron chi connectivity index (χ2n) is 6.13. The molecule has 2 atom stereocenters. The van der Waals surface area contributed by atoms with Gasteiger partial charge in [-0.1, -0.05) is 24.1 Å². The molecule has 94 valence electrons. The fraction of sp³-hybridized carbons (Fsp3) is 0.667. The lowest BCUT2D eigenvalue weighted by molar-refractivity contribution is -0.148. The van der Waals surface area contributed by atoms with Crippen molar-refractivity contribution in [1.82, 2.24) is 0 Å². The Labute approximate surface area is 104 Å². The van der Waals surface area contributed by atoms with E-state index in [0.717, 1.165) is 18.8 Å². The number of hydrogen-bond acceptors (Lipinski definition) is 2. The maximum atomic E-state index is 11.7.